The summed E-state index contributed by atoms with van der Waals surface area (Å²) in [6.45, 7) is 0. The van der Waals surface area contributed by atoms with Gasteiger partial charge in [-0.2, -0.15) is 0 Å². The smallest absolute Gasteiger partial charge is 0.351 e. The standard InChI is InChI=1S/C15H8Cl4O5/c1-23-13-9(19)5-3-7(17)11(13)15(22)24-14(21)10-6(16)2-4-8(18)12(10)20/h2-5,20H,1H3. The van der Waals surface area contributed by atoms with Gasteiger partial charge in [0.25, 0.3) is 0 Å². The summed E-state index contributed by atoms with van der Waals surface area (Å²) >= 11 is 23.4. The van der Waals surface area contributed by atoms with Crippen LogP contribution < -0.4 is 4.74 Å². The molecule has 0 aliphatic rings. The quantitative estimate of drug-likeness (QED) is 0.569. The molecule has 24 heavy (non-hydrogen) atoms. The van der Waals surface area contributed by atoms with Gasteiger partial charge in [-0.25, -0.2) is 9.59 Å². The molecule has 0 spiro atoms. The minimum atomic E-state index is -1.21. The SMILES string of the molecule is COc1c(Cl)ccc(Cl)c1C(=O)OC(=O)c1c(Cl)ccc(Cl)c1O. The predicted molar refractivity (Wildman–Crippen MR) is 90.9 cm³/mol. The molecule has 2 aromatic carbocycles. The number of aromatic hydroxyl groups is 1. The minimum Gasteiger partial charge on any atom is -0.505 e. The highest BCUT2D eigenvalue weighted by Crippen LogP contribution is 2.36. The Bertz CT molecular complexity index is 835. The van der Waals surface area contributed by atoms with Gasteiger partial charge in [0.1, 0.15) is 16.9 Å². The van der Waals surface area contributed by atoms with E-state index < -0.39 is 23.3 Å². The third-order valence-electron chi connectivity index (χ3n) is 2.93. The maximum Gasteiger partial charge on any atom is 0.351 e. The molecular formula is C15H8Cl4O5. The first kappa shape index (κ1) is 18.7. The fraction of sp³-hybridized carbons (Fsp3) is 0.0667. The molecule has 126 valence electrons. The number of hydrogen-bond donors (Lipinski definition) is 1. The van der Waals surface area contributed by atoms with E-state index in [-0.39, 0.29) is 31.4 Å². The Morgan fingerprint density at radius 2 is 1.29 bits per heavy atom. The van der Waals surface area contributed by atoms with Crippen molar-refractivity contribution in [3.8, 4) is 11.5 Å². The third kappa shape index (κ3) is 3.54. The summed E-state index contributed by atoms with van der Waals surface area (Å²) in [5.41, 5.74) is -0.688. The number of hydrogen-bond acceptors (Lipinski definition) is 5. The molecule has 2 aromatic rings. The maximum absolute atomic E-state index is 12.3. The molecule has 9 heteroatoms. The second kappa shape index (κ2) is 7.49. The summed E-state index contributed by atoms with van der Waals surface area (Å²) in [7, 11) is 1.27. The zero-order valence-electron chi connectivity index (χ0n) is 11.9. The molecule has 0 bridgehead atoms. The molecule has 0 amide bonds. The van der Waals surface area contributed by atoms with Gasteiger partial charge in [-0.3, -0.25) is 0 Å². The molecule has 0 aromatic heterocycles. The number of methoxy groups -OCH3 is 1. The van der Waals surface area contributed by atoms with E-state index in [1.807, 2.05) is 0 Å². The lowest BCUT2D eigenvalue weighted by molar-refractivity contribution is 0.0394. The minimum absolute atomic E-state index is 0.0320. The molecule has 2 rings (SSSR count). The van der Waals surface area contributed by atoms with E-state index >= 15 is 0 Å². The number of phenols is 1. The van der Waals surface area contributed by atoms with E-state index in [1.165, 1.54) is 31.4 Å². The summed E-state index contributed by atoms with van der Waals surface area (Å²) < 4.78 is 9.72. The van der Waals surface area contributed by atoms with Crippen molar-refractivity contribution in [2.24, 2.45) is 0 Å². The van der Waals surface area contributed by atoms with Crippen molar-refractivity contribution in [2.75, 3.05) is 7.11 Å². The van der Waals surface area contributed by atoms with E-state index in [0.29, 0.717) is 0 Å². The van der Waals surface area contributed by atoms with Gasteiger partial charge in [-0.15, -0.1) is 0 Å². The van der Waals surface area contributed by atoms with Crippen LogP contribution in [0.5, 0.6) is 11.5 Å². The Kier molecular flexibility index (Phi) is 5.83. The number of carbonyl (C=O) groups excluding carboxylic acids is 2. The normalized spacial score (nSPS) is 10.4. The van der Waals surface area contributed by atoms with Gasteiger partial charge in [0.05, 0.1) is 27.2 Å². The fourth-order valence-corrected chi connectivity index (χ4v) is 2.69. The van der Waals surface area contributed by atoms with Crippen molar-refractivity contribution in [3.63, 3.8) is 0 Å². The maximum atomic E-state index is 12.3. The summed E-state index contributed by atoms with van der Waals surface area (Å²) in [5.74, 6) is -2.99. The highest BCUT2D eigenvalue weighted by atomic mass is 35.5. The number of phenolic OH excluding ortho intramolecular Hbond substituents is 1. The van der Waals surface area contributed by atoms with E-state index in [4.69, 9.17) is 55.9 Å². The number of esters is 2. The lowest BCUT2D eigenvalue weighted by Crippen LogP contribution is -2.15. The fourth-order valence-electron chi connectivity index (χ4n) is 1.84. The van der Waals surface area contributed by atoms with Gasteiger partial charge < -0.3 is 14.6 Å². The molecule has 0 radical (unpaired) electrons. The van der Waals surface area contributed by atoms with Gasteiger partial charge in [0.2, 0.25) is 0 Å². The van der Waals surface area contributed by atoms with Crippen LogP contribution in [-0.4, -0.2) is 24.2 Å². The van der Waals surface area contributed by atoms with E-state index in [1.54, 1.807) is 0 Å². The van der Waals surface area contributed by atoms with Crippen molar-refractivity contribution in [2.45, 2.75) is 0 Å². The van der Waals surface area contributed by atoms with E-state index in [9.17, 15) is 14.7 Å². The van der Waals surface area contributed by atoms with Crippen LogP contribution in [0.25, 0.3) is 0 Å². The molecule has 5 nitrogen and oxygen atoms in total. The van der Waals surface area contributed by atoms with Gasteiger partial charge in [0, 0.05) is 0 Å². The molecule has 0 unspecified atom stereocenters. The van der Waals surface area contributed by atoms with Gasteiger partial charge in [0.15, 0.2) is 5.75 Å². The average Bonchev–Trinajstić information content (AvgIpc) is 2.53. The van der Waals surface area contributed by atoms with Crippen LogP contribution in [0, 0.1) is 0 Å². The van der Waals surface area contributed by atoms with Crippen LogP contribution >= 0.6 is 46.4 Å². The molecule has 0 aliphatic heterocycles. The van der Waals surface area contributed by atoms with Crippen LogP contribution in [0.2, 0.25) is 20.1 Å². The first-order valence-electron chi connectivity index (χ1n) is 6.23. The Balaban J connectivity index is 2.40. The molecule has 0 saturated carbocycles. The zero-order chi connectivity index (χ0) is 18.0. The van der Waals surface area contributed by atoms with Crippen molar-refractivity contribution in [3.05, 3.63) is 55.5 Å². The Labute approximate surface area is 156 Å². The predicted octanol–water partition coefficient (Wildman–Crippen LogP) is 5.01. The van der Waals surface area contributed by atoms with Crippen LogP contribution in [0.3, 0.4) is 0 Å². The van der Waals surface area contributed by atoms with Crippen molar-refractivity contribution in [1.82, 2.24) is 0 Å². The third-order valence-corrected chi connectivity index (χ3v) is 4.17. The van der Waals surface area contributed by atoms with Crippen molar-refractivity contribution >= 4 is 58.3 Å². The first-order chi connectivity index (χ1) is 11.3. The highest BCUT2D eigenvalue weighted by molar-refractivity contribution is 6.38. The van der Waals surface area contributed by atoms with Crippen LogP contribution in [0.4, 0.5) is 0 Å². The van der Waals surface area contributed by atoms with Gasteiger partial charge in [-0.1, -0.05) is 46.4 Å². The summed E-state index contributed by atoms with van der Waals surface area (Å²) in [5, 5.41) is 9.63. The average molecular weight is 410 g/mol. The van der Waals surface area contributed by atoms with E-state index in [0.717, 1.165) is 0 Å². The molecule has 0 saturated heterocycles. The first-order valence-corrected chi connectivity index (χ1v) is 7.74. The lowest BCUT2D eigenvalue weighted by atomic mass is 10.2. The summed E-state index contributed by atoms with van der Waals surface area (Å²) in [6.07, 6.45) is 0. The van der Waals surface area contributed by atoms with Crippen molar-refractivity contribution < 1.29 is 24.2 Å². The second-order valence-corrected chi connectivity index (χ2v) is 6.00. The number of halogens is 4. The monoisotopic (exact) mass is 408 g/mol. The molecule has 0 fully saturated rings. The lowest BCUT2D eigenvalue weighted by Gasteiger charge is -2.12. The van der Waals surface area contributed by atoms with Gasteiger partial charge >= 0.3 is 11.9 Å². The topological polar surface area (TPSA) is 72.8 Å². The van der Waals surface area contributed by atoms with Crippen molar-refractivity contribution in [1.29, 1.82) is 0 Å². The molecule has 1 N–H and O–H groups in total. The molecule has 0 heterocycles. The number of ether oxygens (including phenoxy) is 2. The summed E-state index contributed by atoms with van der Waals surface area (Å²) in [4.78, 5) is 24.4. The van der Waals surface area contributed by atoms with E-state index in [2.05, 4.69) is 0 Å². The number of carbonyl (C=O) groups is 2. The van der Waals surface area contributed by atoms with Gasteiger partial charge in [-0.05, 0) is 24.3 Å². The number of benzene rings is 2. The number of rotatable bonds is 3. The Hall–Kier alpha value is -1.66. The molecule has 0 atom stereocenters. The molecule has 0 aliphatic carbocycles. The Morgan fingerprint density at radius 1 is 0.833 bits per heavy atom. The van der Waals surface area contributed by atoms with Crippen LogP contribution in [-0.2, 0) is 4.74 Å². The molecular weight excluding hydrogens is 402 g/mol. The summed E-state index contributed by atoms with van der Waals surface area (Å²) in [6, 6.07) is 5.32. The highest BCUT2D eigenvalue weighted by Gasteiger charge is 2.27. The van der Waals surface area contributed by atoms with Crippen LogP contribution in [0.15, 0.2) is 24.3 Å². The zero-order valence-corrected chi connectivity index (χ0v) is 14.9. The largest absolute Gasteiger partial charge is 0.505 e. The van der Waals surface area contributed by atoms with Crippen LogP contribution in [0.1, 0.15) is 20.7 Å². The Morgan fingerprint density at radius 3 is 1.88 bits per heavy atom. The second-order valence-electron chi connectivity index (χ2n) is 4.37.